The van der Waals surface area contributed by atoms with Crippen molar-refractivity contribution in [1.29, 1.82) is 0 Å². The van der Waals surface area contributed by atoms with Gasteiger partial charge in [0.05, 0.1) is 35.1 Å². The molecule has 0 saturated carbocycles. The number of rotatable bonds is 8. The second kappa shape index (κ2) is 12.0. The molecule has 0 spiro atoms. The molecule has 2 amide bonds. The largest absolute Gasteiger partial charge is 0.416 e. The lowest BCUT2D eigenvalue weighted by molar-refractivity contribution is -0.137. The fourth-order valence-electron chi connectivity index (χ4n) is 4.88. The number of carbonyl (C=O) groups is 2. The van der Waals surface area contributed by atoms with E-state index in [-0.39, 0.29) is 30.6 Å². The van der Waals surface area contributed by atoms with Crippen molar-refractivity contribution in [3.63, 3.8) is 0 Å². The van der Waals surface area contributed by atoms with Gasteiger partial charge in [0, 0.05) is 36.9 Å². The first-order valence-corrected chi connectivity index (χ1v) is 13.4. The van der Waals surface area contributed by atoms with E-state index in [1.54, 1.807) is 18.2 Å². The van der Waals surface area contributed by atoms with Crippen LogP contribution in [0, 0.1) is 0 Å². The molecule has 0 unspecified atom stereocenters. The molecule has 9 nitrogen and oxygen atoms in total. The standard InChI is InChI=1S/C28H27ClF3N5O4/c29-22-12-33-27(34-20-6-8-41-9-7-20)36-25(22)17-4-5-18-13-37(26(40)21(18)11-17)14-24(39)35-23(15-38)16-2-1-3-19(10-16)28(30,31)32/h1-5,10-12,20,23,38H,6-9,13-15H2,(H,35,39)(H,33,34,36)/t23-/m1/s1. The molecule has 2 aliphatic heterocycles. The number of benzene rings is 2. The van der Waals surface area contributed by atoms with Crippen molar-refractivity contribution in [3.05, 3.63) is 75.9 Å². The summed E-state index contributed by atoms with van der Waals surface area (Å²) in [6.07, 6.45) is -1.40. The van der Waals surface area contributed by atoms with Crippen molar-refractivity contribution in [2.75, 3.05) is 31.7 Å². The third-order valence-corrected chi connectivity index (χ3v) is 7.31. The third kappa shape index (κ3) is 6.61. The summed E-state index contributed by atoms with van der Waals surface area (Å²) in [5.41, 5.74) is 1.36. The van der Waals surface area contributed by atoms with Gasteiger partial charge in [-0.1, -0.05) is 35.9 Å². The van der Waals surface area contributed by atoms with Crippen molar-refractivity contribution in [3.8, 4) is 11.3 Å². The first kappa shape index (κ1) is 28.8. The van der Waals surface area contributed by atoms with Crippen LogP contribution in [0.4, 0.5) is 19.1 Å². The van der Waals surface area contributed by atoms with E-state index in [0.29, 0.717) is 46.6 Å². The molecule has 5 rings (SSSR count). The number of ether oxygens (including phenoxy) is 1. The Hall–Kier alpha value is -3.74. The highest BCUT2D eigenvalue weighted by atomic mass is 35.5. The Morgan fingerprint density at radius 3 is 2.71 bits per heavy atom. The highest BCUT2D eigenvalue weighted by Crippen LogP contribution is 2.33. The lowest BCUT2D eigenvalue weighted by atomic mass is 10.0. The summed E-state index contributed by atoms with van der Waals surface area (Å²) in [5.74, 6) is -0.589. The number of aromatic nitrogens is 2. The molecule has 0 bridgehead atoms. The summed E-state index contributed by atoms with van der Waals surface area (Å²) in [7, 11) is 0. The van der Waals surface area contributed by atoms with Crippen molar-refractivity contribution >= 4 is 29.4 Å². The summed E-state index contributed by atoms with van der Waals surface area (Å²) in [6.45, 7) is 0.529. The zero-order chi connectivity index (χ0) is 29.1. The van der Waals surface area contributed by atoms with E-state index >= 15 is 0 Å². The van der Waals surface area contributed by atoms with Gasteiger partial charge in [0.25, 0.3) is 5.91 Å². The maximum absolute atomic E-state index is 13.2. The Morgan fingerprint density at radius 1 is 1.20 bits per heavy atom. The average molecular weight is 590 g/mol. The topological polar surface area (TPSA) is 117 Å². The van der Waals surface area contributed by atoms with Crippen LogP contribution in [0.3, 0.4) is 0 Å². The molecule has 0 radical (unpaired) electrons. The van der Waals surface area contributed by atoms with Crippen LogP contribution in [0.25, 0.3) is 11.3 Å². The molecule has 2 aromatic carbocycles. The van der Waals surface area contributed by atoms with Gasteiger partial charge in [-0.05, 0) is 42.2 Å². The number of hydrogen-bond acceptors (Lipinski definition) is 7. The van der Waals surface area contributed by atoms with Crippen molar-refractivity contribution < 1.29 is 32.6 Å². The van der Waals surface area contributed by atoms with E-state index in [1.807, 2.05) is 0 Å². The van der Waals surface area contributed by atoms with E-state index in [1.165, 1.54) is 23.2 Å². The molecule has 3 aromatic rings. The molecular formula is C28H27ClF3N5O4. The zero-order valence-corrected chi connectivity index (χ0v) is 22.5. The van der Waals surface area contributed by atoms with E-state index < -0.39 is 30.3 Å². The molecule has 3 heterocycles. The van der Waals surface area contributed by atoms with E-state index in [4.69, 9.17) is 16.3 Å². The Balaban J connectivity index is 1.27. The number of halogens is 4. The van der Waals surface area contributed by atoms with E-state index in [0.717, 1.165) is 25.0 Å². The second-order valence-electron chi connectivity index (χ2n) is 9.88. The summed E-state index contributed by atoms with van der Waals surface area (Å²) in [6, 6.07) is 8.71. The van der Waals surface area contributed by atoms with Crippen LogP contribution in [0.5, 0.6) is 0 Å². The number of alkyl halides is 3. The predicted octanol–water partition coefficient (Wildman–Crippen LogP) is 4.21. The summed E-state index contributed by atoms with van der Waals surface area (Å²) >= 11 is 6.40. The monoisotopic (exact) mass is 589 g/mol. The zero-order valence-electron chi connectivity index (χ0n) is 21.7. The number of anilines is 1. The smallest absolute Gasteiger partial charge is 0.394 e. The van der Waals surface area contributed by atoms with Crippen LogP contribution in [-0.2, 0) is 22.3 Å². The van der Waals surface area contributed by atoms with Crippen LogP contribution in [-0.4, -0.2) is 64.2 Å². The number of aliphatic hydroxyl groups excluding tert-OH is 1. The van der Waals surface area contributed by atoms with Gasteiger partial charge < -0.3 is 25.4 Å². The fourth-order valence-corrected chi connectivity index (χ4v) is 5.08. The minimum atomic E-state index is -4.56. The van der Waals surface area contributed by atoms with Gasteiger partial charge in [-0.25, -0.2) is 9.97 Å². The first-order valence-electron chi connectivity index (χ1n) is 13.0. The molecule has 216 valence electrons. The molecule has 1 fully saturated rings. The van der Waals surface area contributed by atoms with Crippen LogP contribution >= 0.6 is 11.6 Å². The number of carbonyl (C=O) groups excluding carboxylic acids is 2. The minimum absolute atomic E-state index is 0.101. The fraction of sp³-hybridized carbons (Fsp3) is 0.357. The predicted molar refractivity (Wildman–Crippen MR) is 144 cm³/mol. The van der Waals surface area contributed by atoms with Crippen molar-refractivity contribution in [2.24, 2.45) is 0 Å². The maximum Gasteiger partial charge on any atom is 0.416 e. The van der Waals surface area contributed by atoms with Gasteiger partial charge in [0.1, 0.15) is 6.54 Å². The van der Waals surface area contributed by atoms with E-state index in [9.17, 15) is 27.9 Å². The lowest BCUT2D eigenvalue weighted by Gasteiger charge is -2.23. The SMILES string of the molecule is O=C(CN1Cc2ccc(-c3nc(NC4CCOCC4)ncc3Cl)cc2C1=O)N[C@H](CO)c1cccc(C(F)(F)F)c1. The summed E-state index contributed by atoms with van der Waals surface area (Å²) in [5, 5.41) is 15.9. The van der Waals surface area contributed by atoms with Gasteiger partial charge in [0.2, 0.25) is 11.9 Å². The van der Waals surface area contributed by atoms with Crippen LogP contribution in [0.1, 0.15) is 45.9 Å². The average Bonchev–Trinajstić information content (AvgIpc) is 3.27. The van der Waals surface area contributed by atoms with Gasteiger partial charge in [-0.15, -0.1) is 0 Å². The lowest BCUT2D eigenvalue weighted by Crippen LogP contribution is -2.40. The summed E-state index contributed by atoms with van der Waals surface area (Å²) in [4.78, 5) is 36.1. The Kier molecular flexibility index (Phi) is 8.43. The Labute approximate surface area is 238 Å². The molecular weight excluding hydrogens is 563 g/mol. The van der Waals surface area contributed by atoms with Gasteiger partial charge in [-0.3, -0.25) is 9.59 Å². The van der Waals surface area contributed by atoms with Gasteiger partial charge >= 0.3 is 6.18 Å². The van der Waals surface area contributed by atoms with Crippen LogP contribution < -0.4 is 10.6 Å². The minimum Gasteiger partial charge on any atom is -0.394 e. The molecule has 41 heavy (non-hydrogen) atoms. The quantitative estimate of drug-likeness (QED) is 0.360. The molecule has 1 aromatic heterocycles. The maximum atomic E-state index is 13.2. The first-order chi connectivity index (χ1) is 19.6. The molecule has 1 saturated heterocycles. The van der Waals surface area contributed by atoms with E-state index in [2.05, 4.69) is 20.6 Å². The summed E-state index contributed by atoms with van der Waals surface area (Å²) < 4.78 is 44.7. The second-order valence-corrected chi connectivity index (χ2v) is 10.3. The number of fused-ring (bicyclic) bond motifs is 1. The van der Waals surface area contributed by atoms with Crippen LogP contribution in [0.15, 0.2) is 48.7 Å². The van der Waals surface area contributed by atoms with Crippen LogP contribution in [0.2, 0.25) is 5.02 Å². The highest BCUT2D eigenvalue weighted by molar-refractivity contribution is 6.33. The normalized spacial score (nSPS) is 16.4. The number of nitrogens with zero attached hydrogens (tertiary/aromatic N) is 3. The molecule has 0 aliphatic carbocycles. The van der Waals surface area contributed by atoms with Gasteiger partial charge in [-0.2, -0.15) is 13.2 Å². The Bertz CT molecular complexity index is 1450. The molecule has 2 aliphatic rings. The molecule has 1 atom stereocenters. The molecule has 13 heteroatoms. The number of nitrogens with one attached hydrogen (secondary N) is 2. The number of amides is 2. The molecule has 3 N–H and O–H groups in total. The number of aliphatic hydroxyl groups is 1. The highest BCUT2D eigenvalue weighted by Gasteiger charge is 2.32. The number of hydrogen-bond donors (Lipinski definition) is 3. The van der Waals surface area contributed by atoms with Crippen molar-refractivity contribution in [1.82, 2.24) is 20.2 Å². The third-order valence-electron chi connectivity index (χ3n) is 7.03. The van der Waals surface area contributed by atoms with Gasteiger partial charge in [0.15, 0.2) is 0 Å². The Morgan fingerprint density at radius 2 is 1.98 bits per heavy atom. The van der Waals surface area contributed by atoms with Crippen molar-refractivity contribution in [2.45, 2.75) is 37.6 Å².